The smallest absolute Gasteiger partial charge is 0.137 e. The van der Waals surface area contributed by atoms with E-state index in [-0.39, 0.29) is 0 Å². The third-order valence-electron chi connectivity index (χ3n) is 3.77. The van der Waals surface area contributed by atoms with Gasteiger partial charge in [0.1, 0.15) is 5.82 Å². The minimum atomic E-state index is 0.614. The molecule has 1 unspecified atom stereocenters. The van der Waals surface area contributed by atoms with Gasteiger partial charge in [0.25, 0.3) is 0 Å². The van der Waals surface area contributed by atoms with Crippen LogP contribution in [-0.2, 0) is 12.8 Å². The maximum atomic E-state index is 5.76. The number of nitrogens with zero attached hydrogens (tertiary/aromatic N) is 1. The highest BCUT2D eigenvalue weighted by Gasteiger charge is 2.21. The van der Waals surface area contributed by atoms with Crippen molar-refractivity contribution in [2.24, 2.45) is 11.7 Å². The Hall–Kier alpha value is -1.61. The van der Waals surface area contributed by atoms with Crippen LogP contribution in [0.3, 0.4) is 0 Å². The van der Waals surface area contributed by atoms with Crippen LogP contribution in [0.4, 0.5) is 0 Å². The Labute approximate surface area is 107 Å². The Bertz CT molecular complexity index is 557. The number of nitrogens with one attached hydrogen (secondary N) is 1. The van der Waals surface area contributed by atoms with E-state index in [0.717, 1.165) is 25.2 Å². The Kier molecular flexibility index (Phi) is 2.92. The molecule has 0 bridgehead atoms. The molecule has 0 amide bonds. The monoisotopic (exact) mass is 241 g/mol. The lowest BCUT2D eigenvalue weighted by Gasteiger charge is -2.18. The summed E-state index contributed by atoms with van der Waals surface area (Å²) < 4.78 is 0. The van der Waals surface area contributed by atoms with E-state index in [1.54, 1.807) is 0 Å². The van der Waals surface area contributed by atoms with E-state index in [4.69, 9.17) is 10.7 Å². The zero-order valence-corrected chi connectivity index (χ0v) is 10.7. The Balaban J connectivity index is 1.94. The molecule has 1 aromatic carbocycles. The highest BCUT2D eigenvalue weighted by Crippen LogP contribution is 2.26. The van der Waals surface area contributed by atoms with E-state index >= 15 is 0 Å². The molecule has 94 valence electrons. The highest BCUT2D eigenvalue weighted by molar-refractivity contribution is 5.57. The Morgan fingerprint density at radius 1 is 1.44 bits per heavy atom. The van der Waals surface area contributed by atoms with Gasteiger partial charge in [-0.1, -0.05) is 23.8 Å². The number of fused-ring (bicyclic) bond motifs is 1. The number of hydrogen-bond acceptors (Lipinski definition) is 2. The third-order valence-corrected chi connectivity index (χ3v) is 3.77. The number of imidazole rings is 1. The third kappa shape index (κ3) is 2.06. The largest absolute Gasteiger partial charge is 0.342 e. The van der Waals surface area contributed by atoms with Crippen molar-refractivity contribution < 1.29 is 0 Å². The van der Waals surface area contributed by atoms with Gasteiger partial charge in [-0.15, -0.1) is 0 Å². The predicted molar refractivity (Wildman–Crippen MR) is 73.3 cm³/mol. The fraction of sp³-hybridized carbons (Fsp3) is 0.400. The molecule has 0 saturated carbocycles. The van der Waals surface area contributed by atoms with Crippen LogP contribution >= 0.6 is 0 Å². The molecular weight excluding hydrogens is 222 g/mol. The van der Waals surface area contributed by atoms with Crippen LogP contribution in [-0.4, -0.2) is 16.5 Å². The average molecular weight is 241 g/mol. The molecule has 2 aromatic rings. The summed E-state index contributed by atoms with van der Waals surface area (Å²) in [5, 5.41) is 0. The maximum absolute atomic E-state index is 5.76. The lowest BCUT2D eigenvalue weighted by atomic mass is 9.90. The molecule has 1 aliphatic carbocycles. The molecule has 3 rings (SSSR count). The minimum Gasteiger partial charge on any atom is -0.342 e. The molecule has 1 heterocycles. The molecule has 0 spiro atoms. The van der Waals surface area contributed by atoms with Gasteiger partial charge in [-0.2, -0.15) is 0 Å². The number of hydrogen-bond donors (Lipinski definition) is 2. The molecular formula is C15H19N3. The summed E-state index contributed by atoms with van der Waals surface area (Å²) in [4.78, 5) is 8.21. The fourth-order valence-corrected chi connectivity index (χ4v) is 2.68. The van der Waals surface area contributed by atoms with Crippen LogP contribution in [0.2, 0.25) is 0 Å². The maximum Gasteiger partial charge on any atom is 0.137 e. The van der Waals surface area contributed by atoms with Crippen LogP contribution in [0.5, 0.6) is 0 Å². The SMILES string of the molecule is Cc1cccc(-c2nc3c([nH]2)CC(CN)CC3)c1. The normalized spacial score (nSPS) is 18.7. The second-order valence-electron chi connectivity index (χ2n) is 5.22. The first-order chi connectivity index (χ1) is 8.76. The number of nitrogens with two attached hydrogens (primary N) is 1. The zero-order chi connectivity index (χ0) is 12.5. The van der Waals surface area contributed by atoms with Crippen molar-refractivity contribution in [1.82, 2.24) is 9.97 Å². The molecule has 18 heavy (non-hydrogen) atoms. The molecule has 1 atom stereocenters. The molecule has 0 saturated heterocycles. The number of aromatic amines is 1. The topological polar surface area (TPSA) is 54.7 Å². The molecule has 0 aliphatic heterocycles. The number of aryl methyl sites for hydroxylation is 2. The lowest BCUT2D eigenvalue weighted by molar-refractivity contribution is 0.461. The van der Waals surface area contributed by atoms with Crippen LogP contribution in [0, 0.1) is 12.8 Å². The van der Waals surface area contributed by atoms with Crippen LogP contribution < -0.4 is 5.73 Å². The predicted octanol–water partition coefficient (Wildman–Crippen LogP) is 2.45. The number of aromatic nitrogens is 2. The van der Waals surface area contributed by atoms with E-state index in [1.807, 2.05) is 0 Å². The first-order valence-corrected chi connectivity index (χ1v) is 6.61. The summed E-state index contributed by atoms with van der Waals surface area (Å²) in [6.07, 6.45) is 3.27. The zero-order valence-electron chi connectivity index (χ0n) is 10.7. The van der Waals surface area contributed by atoms with Crippen molar-refractivity contribution in [1.29, 1.82) is 0 Å². The van der Waals surface area contributed by atoms with Crippen LogP contribution in [0.15, 0.2) is 24.3 Å². The van der Waals surface area contributed by atoms with E-state index < -0.39 is 0 Å². The van der Waals surface area contributed by atoms with Gasteiger partial charge in [-0.3, -0.25) is 0 Å². The van der Waals surface area contributed by atoms with Crippen molar-refractivity contribution in [3.8, 4) is 11.4 Å². The summed E-state index contributed by atoms with van der Waals surface area (Å²) in [5.41, 5.74) is 10.7. The van der Waals surface area contributed by atoms with Crippen molar-refractivity contribution in [3.63, 3.8) is 0 Å². The fourth-order valence-electron chi connectivity index (χ4n) is 2.68. The summed E-state index contributed by atoms with van der Waals surface area (Å²) in [5.74, 6) is 1.62. The van der Waals surface area contributed by atoms with E-state index in [2.05, 4.69) is 36.2 Å². The van der Waals surface area contributed by atoms with Gasteiger partial charge in [0.2, 0.25) is 0 Å². The van der Waals surface area contributed by atoms with Gasteiger partial charge in [-0.05, 0) is 44.7 Å². The van der Waals surface area contributed by atoms with Crippen LogP contribution in [0.25, 0.3) is 11.4 Å². The number of rotatable bonds is 2. The molecule has 0 fully saturated rings. The number of H-pyrrole nitrogens is 1. The Morgan fingerprint density at radius 3 is 3.11 bits per heavy atom. The first-order valence-electron chi connectivity index (χ1n) is 6.61. The minimum absolute atomic E-state index is 0.614. The summed E-state index contributed by atoms with van der Waals surface area (Å²) in [6, 6.07) is 8.47. The summed E-state index contributed by atoms with van der Waals surface area (Å²) in [6.45, 7) is 2.88. The first kappa shape index (κ1) is 11.5. The Morgan fingerprint density at radius 2 is 2.33 bits per heavy atom. The molecule has 3 N–H and O–H groups in total. The van der Waals surface area contributed by atoms with Crippen LogP contribution in [0.1, 0.15) is 23.4 Å². The van der Waals surface area contributed by atoms with E-state index in [1.165, 1.54) is 28.9 Å². The van der Waals surface area contributed by atoms with Gasteiger partial charge >= 0.3 is 0 Å². The second-order valence-corrected chi connectivity index (χ2v) is 5.22. The average Bonchev–Trinajstić information content (AvgIpc) is 2.81. The van der Waals surface area contributed by atoms with Crippen molar-refractivity contribution in [2.75, 3.05) is 6.54 Å². The molecule has 3 nitrogen and oxygen atoms in total. The van der Waals surface area contributed by atoms with E-state index in [0.29, 0.717) is 5.92 Å². The highest BCUT2D eigenvalue weighted by atomic mass is 14.9. The van der Waals surface area contributed by atoms with Crippen molar-refractivity contribution >= 4 is 0 Å². The van der Waals surface area contributed by atoms with Crippen molar-refractivity contribution in [3.05, 3.63) is 41.2 Å². The van der Waals surface area contributed by atoms with E-state index in [9.17, 15) is 0 Å². The van der Waals surface area contributed by atoms with Gasteiger partial charge < -0.3 is 10.7 Å². The quantitative estimate of drug-likeness (QED) is 0.848. The molecule has 1 aliphatic rings. The molecule has 1 aromatic heterocycles. The second kappa shape index (κ2) is 4.58. The summed E-state index contributed by atoms with van der Waals surface area (Å²) >= 11 is 0. The molecule has 0 radical (unpaired) electrons. The lowest BCUT2D eigenvalue weighted by Crippen LogP contribution is -2.22. The van der Waals surface area contributed by atoms with Gasteiger partial charge in [0.05, 0.1) is 5.69 Å². The van der Waals surface area contributed by atoms with Gasteiger partial charge in [-0.25, -0.2) is 4.98 Å². The molecule has 3 heteroatoms. The van der Waals surface area contributed by atoms with Gasteiger partial charge in [0.15, 0.2) is 0 Å². The van der Waals surface area contributed by atoms with Crippen molar-refractivity contribution in [2.45, 2.75) is 26.2 Å². The van der Waals surface area contributed by atoms with Gasteiger partial charge in [0, 0.05) is 11.3 Å². The number of benzene rings is 1. The summed E-state index contributed by atoms with van der Waals surface area (Å²) in [7, 11) is 0. The standard InChI is InChI=1S/C15H19N3/c1-10-3-2-4-12(7-10)15-17-13-6-5-11(9-16)8-14(13)18-15/h2-4,7,11H,5-6,8-9,16H2,1H3,(H,17,18).